The number of thioether (sulfide) groups is 1. The predicted molar refractivity (Wildman–Crippen MR) is 212 cm³/mol. The second kappa shape index (κ2) is 21.6. The van der Waals surface area contributed by atoms with Crippen molar-refractivity contribution in [1.82, 2.24) is 30.2 Å². The van der Waals surface area contributed by atoms with Crippen LogP contribution in [0.2, 0.25) is 0 Å². The second-order valence-corrected chi connectivity index (χ2v) is 20.4. The first-order valence-corrected chi connectivity index (χ1v) is 24.2. The highest BCUT2D eigenvalue weighted by molar-refractivity contribution is 8.13. The lowest BCUT2D eigenvalue weighted by atomic mass is 9.87. The van der Waals surface area contributed by atoms with Crippen molar-refractivity contribution in [2.75, 3.05) is 37.8 Å². The maximum Gasteiger partial charge on any atom is 0.274 e. The molecule has 1 aromatic carbocycles. The van der Waals surface area contributed by atoms with E-state index in [0.29, 0.717) is 11.7 Å². The van der Waals surface area contributed by atoms with Crippen LogP contribution in [-0.4, -0.2) is 103 Å². The number of aliphatic hydroxyl groups is 2. The van der Waals surface area contributed by atoms with Crippen molar-refractivity contribution in [3.63, 3.8) is 0 Å². The number of phosphoric ester groups is 3. The third kappa shape index (κ3) is 14.9. The van der Waals surface area contributed by atoms with Crippen LogP contribution in [0.25, 0.3) is 11.2 Å². The smallest absolute Gasteiger partial charge is 0.274 e. The summed E-state index contributed by atoms with van der Waals surface area (Å²) in [6.07, 6.45) is -6.68. The molecule has 24 nitrogen and oxygen atoms in total. The molecule has 0 aliphatic carbocycles. The molecule has 62 heavy (non-hydrogen) atoms. The number of amides is 2. The first-order valence-electron chi connectivity index (χ1n) is 18.9. The summed E-state index contributed by atoms with van der Waals surface area (Å²) in [7, 11) is -17.6. The molecule has 1 fully saturated rings. The topological polar surface area (TPSA) is 375 Å². The fourth-order valence-electron chi connectivity index (χ4n) is 5.93. The van der Waals surface area contributed by atoms with Gasteiger partial charge >= 0.3 is 0 Å². The van der Waals surface area contributed by atoms with Crippen LogP contribution in [-0.2, 0) is 57.1 Å². The lowest BCUT2D eigenvalue weighted by molar-refractivity contribution is -0.347. The van der Waals surface area contributed by atoms with E-state index in [1.807, 2.05) is 31.2 Å². The monoisotopic (exact) mass is 951 g/mol. The summed E-state index contributed by atoms with van der Waals surface area (Å²) in [4.78, 5) is 97.2. The molecule has 6 N–H and O–H groups in total. The largest absolute Gasteiger partial charge is 0.790 e. The third-order valence-electron chi connectivity index (χ3n) is 9.20. The standard InChI is InChI=1S/C34H52N7O17P3S/c1-19(2)14-21-6-8-22(9-7-21)20(3)33(46)62-13-12-36-24(42)10-11-37-31(45)28(44)34(4,5)16-55-61(52,53)58-60(50,51)54-15-23-27(57-59(47,48)49)26(43)32(56-23)41-18-40-25-29(35)38-17-39-30(25)41/h6-9,17-20,23,26-28,32,43-44H,10-16H2,1-5H3,(H,36,42)(H,37,45)(H,50,51)(H,52,53)(H2,35,38,39)(H2,47,48,49)/p-4/t20?,23-,26-,27-,28+,32-/m1/s1. The molecule has 3 aromatic rings. The first-order chi connectivity index (χ1) is 28.8. The molecule has 0 bridgehead atoms. The minimum Gasteiger partial charge on any atom is -0.790 e. The number of ether oxygens (including phenoxy) is 1. The van der Waals surface area contributed by atoms with Gasteiger partial charge in [0.1, 0.15) is 36.3 Å². The Kier molecular flexibility index (Phi) is 17.9. The molecular formula is C34H48N7O17P3S-4. The number of benzene rings is 1. The van der Waals surface area contributed by atoms with E-state index in [4.69, 9.17) is 10.5 Å². The van der Waals surface area contributed by atoms with E-state index in [9.17, 15) is 57.9 Å². The lowest BCUT2D eigenvalue weighted by Gasteiger charge is -2.36. The number of aromatic nitrogens is 4. The van der Waals surface area contributed by atoms with E-state index >= 15 is 0 Å². The quantitative estimate of drug-likeness (QED) is 0.0570. The summed E-state index contributed by atoms with van der Waals surface area (Å²) < 4.78 is 60.7. The van der Waals surface area contributed by atoms with E-state index in [2.05, 4.69) is 57.3 Å². The lowest BCUT2D eigenvalue weighted by Crippen LogP contribution is -2.46. The molecule has 8 atom stereocenters. The van der Waals surface area contributed by atoms with Gasteiger partial charge in [-0.05, 0) is 23.5 Å². The van der Waals surface area contributed by atoms with Gasteiger partial charge in [0, 0.05) is 30.7 Å². The average molecular weight is 952 g/mol. The number of nitrogen functional groups attached to an aromatic ring is 1. The van der Waals surface area contributed by atoms with Gasteiger partial charge in [0.2, 0.25) is 11.8 Å². The van der Waals surface area contributed by atoms with Crippen LogP contribution < -0.4 is 35.9 Å². The van der Waals surface area contributed by atoms with Crippen molar-refractivity contribution in [1.29, 1.82) is 0 Å². The van der Waals surface area contributed by atoms with Crippen molar-refractivity contribution >= 4 is 69.1 Å². The molecule has 2 amide bonds. The van der Waals surface area contributed by atoms with Crippen LogP contribution >= 0.6 is 35.2 Å². The number of rotatable bonds is 23. The average Bonchev–Trinajstić information content (AvgIpc) is 3.74. The van der Waals surface area contributed by atoms with Gasteiger partial charge in [-0.2, -0.15) is 0 Å². The Labute approximate surface area is 360 Å². The van der Waals surface area contributed by atoms with Crippen LogP contribution in [0, 0.1) is 11.3 Å². The summed E-state index contributed by atoms with van der Waals surface area (Å²) in [6, 6.07) is 7.90. The van der Waals surface area contributed by atoms with Gasteiger partial charge in [-0.1, -0.05) is 70.6 Å². The number of imidazole rings is 1. The molecule has 4 rings (SSSR count). The Morgan fingerprint density at radius 2 is 1.66 bits per heavy atom. The van der Waals surface area contributed by atoms with Crippen molar-refractivity contribution in [2.45, 2.75) is 84.0 Å². The Morgan fingerprint density at radius 3 is 2.31 bits per heavy atom. The SMILES string of the molecule is CC(C)Cc1ccc(C(C)C(=O)SCCNC(=O)CCNC(=O)[C@H](O)C(C)(C)COP(=O)([O-])OP(=O)([O-])OC[C@H]2O[C@@H](n3cnc4c(N)ncnc43)[C@H](O)[C@@H]2OP(=O)([O-])[O-])cc1. The number of nitrogens with zero attached hydrogens (tertiary/aromatic N) is 4. The van der Waals surface area contributed by atoms with Crippen molar-refractivity contribution in [2.24, 2.45) is 11.3 Å². The zero-order valence-electron chi connectivity index (χ0n) is 34.1. The number of nitrogens with one attached hydrogen (secondary N) is 2. The van der Waals surface area contributed by atoms with Crippen molar-refractivity contribution < 1.29 is 80.5 Å². The minimum absolute atomic E-state index is 0.0222. The molecule has 1 aliphatic heterocycles. The predicted octanol–water partition coefficient (Wildman–Crippen LogP) is -0.861. The molecule has 346 valence electrons. The van der Waals surface area contributed by atoms with Gasteiger partial charge in [0.25, 0.3) is 15.6 Å². The summed E-state index contributed by atoms with van der Waals surface area (Å²) >= 11 is 1.08. The molecule has 3 unspecified atom stereocenters. The van der Waals surface area contributed by atoms with Gasteiger partial charge in [-0.15, -0.1) is 0 Å². The Morgan fingerprint density at radius 1 is 1.00 bits per heavy atom. The van der Waals surface area contributed by atoms with Crippen LogP contribution in [0.15, 0.2) is 36.9 Å². The number of aliphatic hydroxyl groups excluding tert-OH is 2. The number of fused-ring (bicyclic) bond motifs is 1. The van der Waals surface area contributed by atoms with E-state index in [0.717, 1.165) is 41.0 Å². The molecule has 2 aromatic heterocycles. The maximum atomic E-state index is 12.7. The number of nitrogens with two attached hydrogens (primary N) is 1. The van der Waals surface area contributed by atoms with Gasteiger partial charge in [-0.25, -0.2) is 19.3 Å². The molecule has 3 heterocycles. The Bertz CT molecular complexity index is 2180. The van der Waals surface area contributed by atoms with Gasteiger partial charge in [0.05, 0.1) is 33.3 Å². The normalized spacial score (nSPS) is 21.3. The van der Waals surface area contributed by atoms with Crippen LogP contribution in [0.1, 0.15) is 64.3 Å². The van der Waals surface area contributed by atoms with Gasteiger partial charge in [0.15, 0.2) is 22.8 Å². The molecule has 0 radical (unpaired) electrons. The Balaban J connectivity index is 1.19. The highest BCUT2D eigenvalue weighted by atomic mass is 32.2. The number of carbonyl (C=O) groups is 3. The van der Waals surface area contributed by atoms with Crippen LogP contribution in [0.5, 0.6) is 0 Å². The highest BCUT2D eigenvalue weighted by Crippen LogP contribution is 2.56. The summed E-state index contributed by atoms with van der Waals surface area (Å²) in [5.74, 6) is -1.08. The zero-order chi connectivity index (χ0) is 46.2. The summed E-state index contributed by atoms with van der Waals surface area (Å²) in [6.45, 7) is 6.14. The molecule has 0 saturated carbocycles. The molecule has 28 heteroatoms. The molecule has 1 saturated heterocycles. The van der Waals surface area contributed by atoms with Crippen molar-refractivity contribution in [3.8, 4) is 0 Å². The fourth-order valence-corrected chi connectivity index (χ4v) is 9.46. The molecule has 0 spiro atoms. The number of anilines is 1. The highest BCUT2D eigenvalue weighted by Gasteiger charge is 2.47. The molecular weight excluding hydrogens is 903 g/mol. The number of hydrogen-bond donors (Lipinski definition) is 5. The van der Waals surface area contributed by atoms with E-state index in [1.165, 1.54) is 19.4 Å². The van der Waals surface area contributed by atoms with Crippen LogP contribution in [0.3, 0.4) is 0 Å². The van der Waals surface area contributed by atoms with Crippen LogP contribution in [0.4, 0.5) is 5.82 Å². The number of carbonyl (C=O) groups excluding carboxylic acids is 3. The van der Waals surface area contributed by atoms with E-state index in [-0.39, 0.29) is 47.5 Å². The third-order valence-corrected chi connectivity index (χ3v) is 13.3. The summed E-state index contributed by atoms with van der Waals surface area (Å²) in [5.41, 5.74) is 6.15. The van der Waals surface area contributed by atoms with E-state index < -0.39 is 84.6 Å². The van der Waals surface area contributed by atoms with Gasteiger partial charge in [-0.3, -0.25) is 28.1 Å². The summed E-state index contributed by atoms with van der Waals surface area (Å²) in [5, 5.41) is 26.3. The number of hydrogen-bond acceptors (Lipinski definition) is 22. The fraction of sp³-hybridized carbons (Fsp3) is 0.588. The van der Waals surface area contributed by atoms with E-state index in [1.54, 1.807) is 0 Å². The van der Waals surface area contributed by atoms with Gasteiger partial charge < -0.3 is 69.0 Å². The number of phosphoric acid groups is 3. The zero-order valence-corrected chi connectivity index (χ0v) is 37.6. The maximum absolute atomic E-state index is 12.7. The van der Waals surface area contributed by atoms with Crippen molar-refractivity contribution in [3.05, 3.63) is 48.0 Å². The Hall–Kier alpha value is -3.22. The second-order valence-electron chi connectivity index (χ2n) is 15.2. The minimum atomic E-state index is -5.92. The first kappa shape index (κ1) is 51.4. The molecule has 1 aliphatic rings.